The van der Waals surface area contributed by atoms with E-state index in [4.69, 9.17) is 11.6 Å². The van der Waals surface area contributed by atoms with Gasteiger partial charge in [-0.3, -0.25) is 0 Å². The standard InChI is InChI=1S/C17H18ClF2N/c1-3-8-21-17(12-7-5-4-6-11(12)2)13-9-16(20)14(18)10-15(13)19/h4-7,9-10,17,21H,3,8H2,1-2H3. The highest BCUT2D eigenvalue weighted by molar-refractivity contribution is 6.30. The highest BCUT2D eigenvalue weighted by atomic mass is 35.5. The zero-order valence-corrected chi connectivity index (χ0v) is 12.8. The van der Waals surface area contributed by atoms with Crippen LogP contribution in [0.15, 0.2) is 36.4 Å². The van der Waals surface area contributed by atoms with Crippen molar-refractivity contribution >= 4 is 11.6 Å². The van der Waals surface area contributed by atoms with E-state index in [9.17, 15) is 8.78 Å². The number of halogens is 3. The molecule has 0 fully saturated rings. The molecule has 0 spiro atoms. The number of benzene rings is 2. The van der Waals surface area contributed by atoms with E-state index in [0.717, 1.165) is 23.6 Å². The van der Waals surface area contributed by atoms with Crippen molar-refractivity contribution in [3.63, 3.8) is 0 Å². The van der Waals surface area contributed by atoms with Gasteiger partial charge in [-0.1, -0.05) is 42.8 Å². The molecule has 0 bridgehead atoms. The topological polar surface area (TPSA) is 12.0 Å². The largest absolute Gasteiger partial charge is 0.306 e. The monoisotopic (exact) mass is 309 g/mol. The Kier molecular flexibility index (Phi) is 5.32. The summed E-state index contributed by atoms with van der Waals surface area (Å²) in [4.78, 5) is 0. The van der Waals surface area contributed by atoms with Crippen LogP contribution in [-0.2, 0) is 0 Å². The van der Waals surface area contributed by atoms with E-state index >= 15 is 0 Å². The molecular weight excluding hydrogens is 292 g/mol. The predicted octanol–water partition coefficient (Wildman–Crippen LogP) is 5.02. The lowest BCUT2D eigenvalue weighted by atomic mass is 9.94. The average molecular weight is 310 g/mol. The molecule has 0 radical (unpaired) electrons. The number of aryl methyl sites for hydroxylation is 1. The molecule has 0 aliphatic carbocycles. The molecule has 21 heavy (non-hydrogen) atoms. The second-order valence-electron chi connectivity index (χ2n) is 5.03. The van der Waals surface area contributed by atoms with Crippen LogP contribution in [0.4, 0.5) is 8.78 Å². The van der Waals surface area contributed by atoms with Crippen molar-refractivity contribution in [2.24, 2.45) is 0 Å². The molecule has 0 aliphatic rings. The van der Waals surface area contributed by atoms with E-state index in [1.165, 1.54) is 6.07 Å². The first-order valence-corrected chi connectivity index (χ1v) is 7.35. The summed E-state index contributed by atoms with van der Waals surface area (Å²) in [6.07, 6.45) is 0.903. The summed E-state index contributed by atoms with van der Waals surface area (Å²) < 4.78 is 28.0. The summed E-state index contributed by atoms with van der Waals surface area (Å²) in [6, 6.07) is 9.52. The van der Waals surface area contributed by atoms with Gasteiger partial charge >= 0.3 is 0 Å². The SMILES string of the molecule is CCCNC(c1ccccc1C)c1cc(F)c(Cl)cc1F. The van der Waals surface area contributed by atoms with E-state index < -0.39 is 17.7 Å². The van der Waals surface area contributed by atoms with E-state index in [2.05, 4.69) is 5.32 Å². The molecule has 4 heteroatoms. The fourth-order valence-corrected chi connectivity index (χ4v) is 2.50. The Bertz CT molecular complexity index is 628. The number of hydrogen-bond acceptors (Lipinski definition) is 1. The molecule has 0 saturated carbocycles. The van der Waals surface area contributed by atoms with Crippen LogP contribution < -0.4 is 5.32 Å². The molecule has 0 heterocycles. The number of nitrogens with one attached hydrogen (secondary N) is 1. The van der Waals surface area contributed by atoms with Crippen LogP contribution in [0.5, 0.6) is 0 Å². The first-order chi connectivity index (χ1) is 10.0. The van der Waals surface area contributed by atoms with Crippen molar-refractivity contribution in [1.29, 1.82) is 0 Å². The van der Waals surface area contributed by atoms with E-state index in [1.54, 1.807) is 0 Å². The summed E-state index contributed by atoms with van der Waals surface area (Å²) in [5.41, 5.74) is 2.24. The molecule has 1 nitrogen and oxygen atoms in total. The van der Waals surface area contributed by atoms with E-state index in [-0.39, 0.29) is 10.6 Å². The number of hydrogen-bond donors (Lipinski definition) is 1. The highest BCUT2D eigenvalue weighted by Gasteiger charge is 2.20. The molecule has 1 atom stereocenters. The Morgan fingerprint density at radius 3 is 2.48 bits per heavy atom. The van der Waals surface area contributed by atoms with Crippen molar-refractivity contribution in [3.8, 4) is 0 Å². The van der Waals surface area contributed by atoms with Crippen LogP contribution in [-0.4, -0.2) is 6.54 Å². The first-order valence-electron chi connectivity index (χ1n) is 6.98. The Morgan fingerprint density at radius 1 is 1.10 bits per heavy atom. The molecule has 2 aromatic carbocycles. The average Bonchev–Trinajstić information content (AvgIpc) is 2.46. The smallest absolute Gasteiger partial charge is 0.142 e. The third kappa shape index (κ3) is 3.60. The van der Waals surface area contributed by atoms with Gasteiger partial charge in [-0.15, -0.1) is 0 Å². The van der Waals surface area contributed by atoms with Crippen LogP contribution >= 0.6 is 11.6 Å². The maximum absolute atomic E-state index is 14.2. The van der Waals surface area contributed by atoms with E-state index in [0.29, 0.717) is 6.54 Å². The van der Waals surface area contributed by atoms with Gasteiger partial charge in [0.25, 0.3) is 0 Å². The molecular formula is C17H18ClF2N. The summed E-state index contributed by atoms with van der Waals surface area (Å²) in [7, 11) is 0. The van der Waals surface area contributed by atoms with E-state index in [1.807, 2.05) is 38.1 Å². The first kappa shape index (κ1) is 15.9. The van der Waals surface area contributed by atoms with Crippen molar-refractivity contribution in [2.45, 2.75) is 26.3 Å². The van der Waals surface area contributed by atoms with Gasteiger partial charge in [-0.2, -0.15) is 0 Å². The molecule has 0 aliphatic heterocycles. The van der Waals surface area contributed by atoms with Crippen LogP contribution in [0.25, 0.3) is 0 Å². The molecule has 2 aromatic rings. The minimum absolute atomic E-state index is 0.199. The van der Waals surface area contributed by atoms with Crippen molar-refractivity contribution in [2.75, 3.05) is 6.54 Å². The molecule has 0 aromatic heterocycles. The van der Waals surface area contributed by atoms with Crippen molar-refractivity contribution < 1.29 is 8.78 Å². The Morgan fingerprint density at radius 2 is 1.81 bits per heavy atom. The normalized spacial score (nSPS) is 12.4. The van der Waals surface area contributed by atoms with Gasteiger partial charge in [0.1, 0.15) is 11.6 Å². The fourth-order valence-electron chi connectivity index (χ4n) is 2.35. The van der Waals surface area contributed by atoms with Crippen molar-refractivity contribution in [3.05, 3.63) is 69.7 Å². The lowest BCUT2D eigenvalue weighted by molar-refractivity contribution is 0.534. The second-order valence-corrected chi connectivity index (χ2v) is 5.44. The third-order valence-corrected chi connectivity index (χ3v) is 3.74. The molecule has 2 rings (SSSR count). The fraction of sp³-hybridized carbons (Fsp3) is 0.294. The maximum atomic E-state index is 14.2. The van der Waals surface area contributed by atoms with Gasteiger partial charge in [0.05, 0.1) is 11.1 Å². The Labute approximate surface area is 128 Å². The molecule has 1 unspecified atom stereocenters. The van der Waals surface area contributed by atoms with Crippen LogP contribution in [0.3, 0.4) is 0 Å². The Hall–Kier alpha value is -1.45. The molecule has 112 valence electrons. The molecule has 0 amide bonds. The third-order valence-electron chi connectivity index (χ3n) is 3.45. The van der Waals surface area contributed by atoms with Crippen LogP contribution in [0.2, 0.25) is 5.02 Å². The van der Waals surface area contributed by atoms with Gasteiger partial charge in [0, 0.05) is 5.56 Å². The zero-order valence-electron chi connectivity index (χ0n) is 12.1. The zero-order chi connectivity index (χ0) is 15.4. The maximum Gasteiger partial charge on any atom is 0.142 e. The highest BCUT2D eigenvalue weighted by Crippen LogP contribution is 2.30. The summed E-state index contributed by atoms with van der Waals surface area (Å²) in [5.74, 6) is -1.11. The summed E-state index contributed by atoms with van der Waals surface area (Å²) >= 11 is 5.64. The lowest BCUT2D eigenvalue weighted by Crippen LogP contribution is -2.25. The van der Waals surface area contributed by atoms with Crippen molar-refractivity contribution in [1.82, 2.24) is 5.32 Å². The van der Waals surface area contributed by atoms with Crippen LogP contribution in [0, 0.1) is 18.6 Å². The van der Waals surface area contributed by atoms with Gasteiger partial charge in [-0.05, 0) is 43.1 Å². The number of rotatable bonds is 5. The minimum atomic E-state index is -0.607. The summed E-state index contributed by atoms with van der Waals surface area (Å²) in [6.45, 7) is 4.70. The van der Waals surface area contributed by atoms with Gasteiger partial charge < -0.3 is 5.32 Å². The second kappa shape index (κ2) is 7.01. The van der Waals surface area contributed by atoms with Gasteiger partial charge in [-0.25, -0.2) is 8.78 Å². The predicted molar refractivity (Wildman–Crippen MR) is 82.7 cm³/mol. The molecule has 0 saturated heterocycles. The van der Waals surface area contributed by atoms with Crippen LogP contribution in [0.1, 0.15) is 36.1 Å². The minimum Gasteiger partial charge on any atom is -0.306 e. The molecule has 1 N–H and O–H groups in total. The summed E-state index contributed by atoms with van der Waals surface area (Å²) in [5, 5.41) is 3.08. The quantitative estimate of drug-likeness (QED) is 0.765. The van der Waals surface area contributed by atoms with Gasteiger partial charge in [0.15, 0.2) is 0 Å². The Balaban J connectivity index is 2.51. The lowest BCUT2D eigenvalue weighted by Gasteiger charge is -2.22. The van der Waals surface area contributed by atoms with Gasteiger partial charge in [0.2, 0.25) is 0 Å².